The van der Waals surface area contributed by atoms with Gasteiger partial charge in [-0.05, 0) is 30.8 Å². The fourth-order valence-corrected chi connectivity index (χ4v) is 2.93. The van der Waals surface area contributed by atoms with Crippen LogP contribution in [0.5, 0.6) is 0 Å². The van der Waals surface area contributed by atoms with Crippen LogP contribution in [0, 0.1) is 0 Å². The standard InChI is InChI=1S/C18H20F3N5O/c1-2-25-9-11-26(12-10-25)16-8-7-15(23-24-16)17(27)22-14-6-4-3-5-13(14)18(19,20)21/h3-8H,2,9-12H2,1H3,(H,22,27). The molecule has 2 aromatic rings. The number of nitrogens with zero attached hydrogens (tertiary/aromatic N) is 4. The first-order valence-electron chi connectivity index (χ1n) is 8.67. The SMILES string of the molecule is CCN1CCN(c2ccc(C(=O)Nc3ccccc3C(F)(F)F)nn2)CC1. The smallest absolute Gasteiger partial charge is 0.353 e. The highest BCUT2D eigenvalue weighted by Gasteiger charge is 2.33. The van der Waals surface area contributed by atoms with Crippen LogP contribution < -0.4 is 10.2 Å². The zero-order chi connectivity index (χ0) is 19.4. The molecular weight excluding hydrogens is 359 g/mol. The lowest BCUT2D eigenvalue weighted by Crippen LogP contribution is -2.46. The van der Waals surface area contributed by atoms with E-state index in [1.165, 1.54) is 24.3 Å². The molecule has 27 heavy (non-hydrogen) atoms. The van der Waals surface area contributed by atoms with Gasteiger partial charge in [-0.15, -0.1) is 10.2 Å². The van der Waals surface area contributed by atoms with Gasteiger partial charge in [-0.25, -0.2) is 0 Å². The first kappa shape index (κ1) is 19.1. The van der Waals surface area contributed by atoms with E-state index in [-0.39, 0.29) is 11.4 Å². The fourth-order valence-electron chi connectivity index (χ4n) is 2.93. The highest BCUT2D eigenvalue weighted by atomic mass is 19.4. The molecule has 1 aromatic heterocycles. The molecule has 0 radical (unpaired) electrons. The van der Waals surface area contributed by atoms with E-state index in [0.717, 1.165) is 38.8 Å². The number of hydrogen-bond acceptors (Lipinski definition) is 5. The third-order valence-electron chi connectivity index (χ3n) is 4.51. The number of amides is 1. The van der Waals surface area contributed by atoms with Crippen molar-refractivity contribution in [2.75, 3.05) is 42.9 Å². The van der Waals surface area contributed by atoms with E-state index in [9.17, 15) is 18.0 Å². The summed E-state index contributed by atoms with van der Waals surface area (Å²) < 4.78 is 39.1. The third-order valence-corrected chi connectivity index (χ3v) is 4.51. The summed E-state index contributed by atoms with van der Waals surface area (Å²) >= 11 is 0. The number of benzene rings is 1. The van der Waals surface area contributed by atoms with Crippen molar-refractivity contribution in [3.05, 3.63) is 47.7 Å². The summed E-state index contributed by atoms with van der Waals surface area (Å²) in [6, 6.07) is 7.95. The van der Waals surface area contributed by atoms with E-state index in [2.05, 4.69) is 32.2 Å². The Hall–Kier alpha value is -2.68. The summed E-state index contributed by atoms with van der Waals surface area (Å²) in [6.07, 6.45) is -4.56. The molecule has 9 heteroatoms. The Morgan fingerprint density at radius 2 is 1.78 bits per heavy atom. The van der Waals surface area contributed by atoms with Gasteiger partial charge in [0, 0.05) is 26.2 Å². The molecule has 1 N–H and O–H groups in total. The third kappa shape index (κ3) is 4.54. The highest BCUT2D eigenvalue weighted by molar-refractivity contribution is 6.03. The van der Waals surface area contributed by atoms with Gasteiger partial charge in [-0.3, -0.25) is 4.79 Å². The summed E-state index contributed by atoms with van der Waals surface area (Å²) in [4.78, 5) is 16.7. The van der Waals surface area contributed by atoms with Gasteiger partial charge in [0.05, 0.1) is 11.3 Å². The molecule has 1 saturated heterocycles. The molecule has 0 saturated carbocycles. The van der Waals surface area contributed by atoms with Crippen LogP contribution in [0.3, 0.4) is 0 Å². The number of carbonyl (C=O) groups is 1. The summed E-state index contributed by atoms with van der Waals surface area (Å²) in [5, 5.41) is 10.2. The average Bonchev–Trinajstić information content (AvgIpc) is 2.68. The number of nitrogens with one attached hydrogen (secondary N) is 1. The largest absolute Gasteiger partial charge is 0.418 e. The molecule has 2 heterocycles. The number of rotatable bonds is 4. The predicted octanol–water partition coefficient (Wildman–Crippen LogP) is 2.89. The van der Waals surface area contributed by atoms with Crippen molar-refractivity contribution in [2.24, 2.45) is 0 Å². The van der Waals surface area contributed by atoms with E-state index < -0.39 is 17.6 Å². The highest BCUT2D eigenvalue weighted by Crippen LogP contribution is 2.34. The molecule has 6 nitrogen and oxygen atoms in total. The van der Waals surface area contributed by atoms with E-state index in [1.54, 1.807) is 6.07 Å². The minimum Gasteiger partial charge on any atom is -0.353 e. The van der Waals surface area contributed by atoms with Gasteiger partial charge in [0.25, 0.3) is 5.91 Å². The molecule has 0 atom stereocenters. The van der Waals surface area contributed by atoms with Crippen molar-refractivity contribution < 1.29 is 18.0 Å². The topological polar surface area (TPSA) is 61.4 Å². The predicted molar refractivity (Wildman–Crippen MR) is 95.8 cm³/mol. The van der Waals surface area contributed by atoms with Gasteiger partial charge in [-0.2, -0.15) is 13.2 Å². The Morgan fingerprint density at radius 1 is 1.07 bits per heavy atom. The summed E-state index contributed by atoms with van der Waals surface area (Å²) in [6.45, 7) is 6.58. The monoisotopic (exact) mass is 379 g/mol. The van der Waals surface area contributed by atoms with E-state index in [0.29, 0.717) is 5.82 Å². The Morgan fingerprint density at radius 3 is 2.37 bits per heavy atom. The molecule has 1 aliphatic heterocycles. The van der Waals surface area contributed by atoms with Crippen molar-refractivity contribution >= 4 is 17.4 Å². The number of para-hydroxylation sites is 1. The Labute approximate surface area is 155 Å². The Balaban J connectivity index is 1.69. The lowest BCUT2D eigenvalue weighted by Gasteiger charge is -2.34. The number of alkyl halides is 3. The maximum absolute atomic E-state index is 13.0. The quantitative estimate of drug-likeness (QED) is 0.885. The number of aromatic nitrogens is 2. The zero-order valence-corrected chi connectivity index (χ0v) is 14.8. The van der Waals surface area contributed by atoms with Gasteiger partial charge < -0.3 is 15.1 Å². The minimum absolute atomic E-state index is 0.0390. The lowest BCUT2D eigenvalue weighted by molar-refractivity contribution is -0.136. The molecule has 0 spiro atoms. The zero-order valence-electron chi connectivity index (χ0n) is 14.8. The molecule has 0 aliphatic carbocycles. The van der Waals surface area contributed by atoms with Gasteiger partial charge >= 0.3 is 6.18 Å². The second-order valence-corrected chi connectivity index (χ2v) is 6.20. The van der Waals surface area contributed by atoms with Crippen molar-refractivity contribution in [3.8, 4) is 0 Å². The molecule has 0 unspecified atom stereocenters. The number of hydrogen-bond donors (Lipinski definition) is 1. The van der Waals surface area contributed by atoms with Gasteiger partial charge in [-0.1, -0.05) is 19.1 Å². The van der Waals surface area contributed by atoms with Crippen molar-refractivity contribution in [2.45, 2.75) is 13.1 Å². The summed E-state index contributed by atoms with van der Waals surface area (Å²) in [5.74, 6) is -0.0838. The number of piperazine rings is 1. The van der Waals surface area contributed by atoms with Gasteiger partial charge in [0.15, 0.2) is 11.5 Å². The number of anilines is 2. The Kier molecular flexibility index (Phi) is 5.59. The molecule has 1 amide bonds. The normalized spacial score (nSPS) is 15.6. The first-order chi connectivity index (χ1) is 12.9. The number of halogens is 3. The molecular formula is C18H20F3N5O. The average molecular weight is 379 g/mol. The maximum atomic E-state index is 13.0. The lowest BCUT2D eigenvalue weighted by atomic mass is 10.1. The second-order valence-electron chi connectivity index (χ2n) is 6.20. The van der Waals surface area contributed by atoms with Crippen LogP contribution in [-0.2, 0) is 6.18 Å². The van der Waals surface area contributed by atoms with Crippen LogP contribution in [0.4, 0.5) is 24.7 Å². The van der Waals surface area contributed by atoms with Gasteiger partial charge in [0.1, 0.15) is 0 Å². The number of carbonyl (C=O) groups excluding carboxylic acids is 1. The molecule has 3 rings (SSSR count). The second kappa shape index (κ2) is 7.91. The fraction of sp³-hybridized carbons (Fsp3) is 0.389. The Bertz CT molecular complexity index is 786. The molecule has 1 fully saturated rings. The van der Waals surface area contributed by atoms with Crippen molar-refractivity contribution in [1.82, 2.24) is 15.1 Å². The molecule has 1 aliphatic rings. The van der Waals surface area contributed by atoms with Crippen LogP contribution in [0.25, 0.3) is 0 Å². The summed E-state index contributed by atoms with van der Waals surface area (Å²) in [5.41, 5.74) is -1.25. The van der Waals surface area contributed by atoms with Gasteiger partial charge in [0.2, 0.25) is 0 Å². The van der Waals surface area contributed by atoms with Crippen LogP contribution in [0.15, 0.2) is 36.4 Å². The molecule has 0 bridgehead atoms. The minimum atomic E-state index is -4.56. The van der Waals surface area contributed by atoms with Crippen molar-refractivity contribution in [3.63, 3.8) is 0 Å². The molecule has 144 valence electrons. The van der Waals surface area contributed by atoms with Crippen LogP contribution in [0.1, 0.15) is 23.0 Å². The maximum Gasteiger partial charge on any atom is 0.418 e. The first-order valence-corrected chi connectivity index (χ1v) is 8.67. The van der Waals surface area contributed by atoms with Crippen LogP contribution in [0.2, 0.25) is 0 Å². The number of likely N-dealkylation sites (N-methyl/N-ethyl adjacent to an activating group) is 1. The van der Waals surface area contributed by atoms with Crippen LogP contribution >= 0.6 is 0 Å². The van der Waals surface area contributed by atoms with E-state index in [1.807, 2.05) is 0 Å². The summed E-state index contributed by atoms with van der Waals surface area (Å²) in [7, 11) is 0. The van der Waals surface area contributed by atoms with Crippen LogP contribution in [-0.4, -0.2) is 53.7 Å². The van der Waals surface area contributed by atoms with E-state index in [4.69, 9.17) is 0 Å². The van der Waals surface area contributed by atoms with Crippen molar-refractivity contribution in [1.29, 1.82) is 0 Å². The molecule has 1 aromatic carbocycles. The van der Waals surface area contributed by atoms with E-state index >= 15 is 0 Å².